The molecule has 0 aliphatic carbocycles. The normalized spacial score (nSPS) is 10.5. The van der Waals surface area contributed by atoms with Gasteiger partial charge in [0.2, 0.25) is 0 Å². The summed E-state index contributed by atoms with van der Waals surface area (Å²) < 4.78 is 12.8. The minimum atomic E-state index is -0.825. The van der Waals surface area contributed by atoms with Crippen molar-refractivity contribution < 1.29 is 14.3 Å². The second kappa shape index (κ2) is 7.55. The Bertz CT molecular complexity index is 596. The standard InChI is InChI=1S/C17H18FNO2/c18-16-7-5-13(6-8-16)9-10-19-12-15-4-2-1-3-14(15)11-17(20)21/h1-8,19H,9-12H2,(H,20,21). The summed E-state index contributed by atoms with van der Waals surface area (Å²) in [7, 11) is 0. The molecule has 0 saturated heterocycles. The van der Waals surface area contributed by atoms with Gasteiger partial charge >= 0.3 is 5.97 Å². The van der Waals surface area contributed by atoms with Crippen molar-refractivity contribution in [3.8, 4) is 0 Å². The molecule has 4 heteroatoms. The molecule has 0 heterocycles. The summed E-state index contributed by atoms with van der Waals surface area (Å²) in [4.78, 5) is 10.8. The monoisotopic (exact) mass is 287 g/mol. The van der Waals surface area contributed by atoms with Gasteiger partial charge in [0.05, 0.1) is 6.42 Å². The smallest absolute Gasteiger partial charge is 0.307 e. The van der Waals surface area contributed by atoms with Crippen LogP contribution in [0.4, 0.5) is 4.39 Å². The van der Waals surface area contributed by atoms with Crippen molar-refractivity contribution in [2.24, 2.45) is 0 Å². The minimum absolute atomic E-state index is 0.0375. The van der Waals surface area contributed by atoms with Gasteiger partial charge in [-0.05, 0) is 41.8 Å². The summed E-state index contributed by atoms with van der Waals surface area (Å²) in [5, 5.41) is 12.2. The second-order valence-corrected chi connectivity index (χ2v) is 4.89. The van der Waals surface area contributed by atoms with Gasteiger partial charge in [0.1, 0.15) is 5.82 Å². The van der Waals surface area contributed by atoms with Gasteiger partial charge < -0.3 is 10.4 Å². The average Bonchev–Trinajstić information content (AvgIpc) is 2.46. The predicted molar refractivity (Wildman–Crippen MR) is 79.6 cm³/mol. The SMILES string of the molecule is O=C(O)Cc1ccccc1CNCCc1ccc(F)cc1. The van der Waals surface area contributed by atoms with E-state index in [-0.39, 0.29) is 12.2 Å². The number of hydrogen-bond donors (Lipinski definition) is 2. The molecule has 2 rings (SSSR count). The third kappa shape index (κ3) is 5.00. The number of aliphatic carboxylic acids is 1. The van der Waals surface area contributed by atoms with Gasteiger partial charge in [0.15, 0.2) is 0 Å². The van der Waals surface area contributed by atoms with E-state index in [2.05, 4.69) is 5.32 Å². The van der Waals surface area contributed by atoms with Gasteiger partial charge in [-0.25, -0.2) is 4.39 Å². The van der Waals surface area contributed by atoms with E-state index in [0.29, 0.717) is 6.54 Å². The van der Waals surface area contributed by atoms with Crippen molar-refractivity contribution in [2.45, 2.75) is 19.4 Å². The van der Waals surface area contributed by atoms with Crippen LogP contribution in [0.15, 0.2) is 48.5 Å². The number of carboxylic acids is 1. The summed E-state index contributed by atoms with van der Waals surface area (Å²) in [6.07, 6.45) is 0.844. The Labute approximate surface area is 123 Å². The van der Waals surface area contributed by atoms with Crippen LogP contribution in [-0.2, 0) is 24.2 Å². The highest BCUT2D eigenvalue weighted by atomic mass is 19.1. The first kappa shape index (κ1) is 15.2. The van der Waals surface area contributed by atoms with Crippen molar-refractivity contribution in [3.63, 3.8) is 0 Å². The van der Waals surface area contributed by atoms with E-state index in [9.17, 15) is 9.18 Å². The zero-order valence-corrected chi connectivity index (χ0v) is 11.7. The third-order valence-electron chi connectivity index (χ3n) is 3.28. The molecule has 110 valence electrons. The Hall–Kier alpha value is -2.20. The van der Waals surface area contributed by atoms with Crippen LogP contribution in [-0.4, -0.2) is 17.6 Å². The Morgan fingerprint density at radius 2 is 1.71 bits per heavy atom. The topological polar surface area (TPSA) is 49.3 Å². The highest BCUT2D eigenvalue weighted by Gasteiger charge is 2.05. The van der Waals surface area contributed by atoms with Crippen LogP contribution >= 0.6 is 0 Å². The van der Waals surface area contributed by atoms with E-state index in [4.69, 9.17) is 5.11 Å². The Balaban J connectivity index is 1.83. The number of hydrogen-bond acceptors (Lipinski definition) is 2. The van der Waals surface area contributed by atoms with Gasteiger partial charge in [0.25, 0.3) is 0 Å². The highest BCUT2D eigenvalue weighted by Crippen LogP contribution is 2.09. The maximum atomic E-state index is 12.8. The Morgan fingerprint density at radius 1 is 1.05 bits per heavy atom. The fraction of sp³-hybridized carbons (Fsp3) is 0.235. The summed E-state index contributed by atoms with van der Waals surface area (Å²) >= 11 is 0. The maximum Gasteiger partial charge on any atom is 0.307 e. The van der Waals surface area contributed by atoms with Crippen molar-refractivity contribution in [1.82, 2.24) is 5.32 Å². The number of carbonyl (C=O) groups is 1. The highest BCUT2D eigenvalue weighted by molar-refractivity contribution is 5.70. The van der Waals surface area contributed by atoms with Crippen molar-refractivity contribution >= 4 is 5.97 Å². The molecule has 0 aromatic heterocycles. The summed E-state index contributed by atoms with van der Waals surface area (Å²) in [5.74, 6) is -1.05. The molecule has 0 atom stereocenters. The van der Waals surface area contributed by atoms with Crippen LogP contribution in [0.25, 0.3) is 0 Å². The quantitative estimate of drug-likeness (QED) is 0.770. The van der Waals surface area contributed by atoms with E-state index in [1.165, 1.54) is 12.1 Å². The molecule has 0 fully saturated rings. The first-order valence-electron chi connectivity index (χ1n) is 6.89. The lowest BCUT2D eigenvalue weighted by Gasteiger charge is -2.09. The first-order chi connectivity index (χ1) is 10.1. The number of carboxylic acid groups (broad SMARTS) is 1. The minimum Gasteiger partial charge on any atom is -0.481 e. The van der Waals surface area contributed by atoms with Crippen LogP contribution < -0.4 is 5.32 Å². The van der Waals surface area contributed by atoms with Crippen LogP contribution in [0.2, 0.25) is 0 Å². The fourth-order valence-electron chi connectivity index (χ4n) is 2.17. The van der Waals surface area contributed by atoms with Gasteiger partial charge in [-0.1, -0.05) is 36.4 Å². The van der Waals surface area contributed by atoms with E-state index < -0.39 is 5.97 Å². The Morgan fingerprint density at radius 3 is 2.38 bits per heavy atom. The number of rotatable bonds is 7. The maximum absolute atomic E-state index is 12.8. The van der Waals surface area contributed by atoms with Crippen LogP contribution in [0, 0.1) is 5.82 Å². The average molecular weight is 287 g/mol. The van der Waals surface area contributed by atoms with Gasteiger partial charge in [-0.2, -0.15) is 0 Å². The summed E-state index contributed by atoms with van der Waals surface area (Å²) in [6.45, 7) is 1.39. The van der Waals surface area contributed by atoms with E-state index >= 15 is 0 Å². The molecule has 0 unspecified atom stereocenters. The van der Waals surface area contributed by atoms with Gasteiger partial charge in [0, 0.05) is 6.54 Å². The molecule has 2 aromatic carbocycles. The second-order valence-electron chi connectivity index (χ2n) is 4.89. The lowest BCUT2D eigenvalue weighted by atomic mass is 10.0. The zero-order chi connectivity index (χ0) is 15.1. The summed E-state index contributed by atoms with van der Waals surface area (Å²) in [5.41, 5.74) is 2.90. The molecular weight excluding hydrogens is 269 g/mol. The molecule has 0 amide bonds. The lowest BCUT2D eigenvalue weighted by Crippen LogP contribution is -2.18. The molecule has 2 aromatic rings. The van der Waals surface area contributed by atoms with Crippen LogP contribution in [0.1, 0.15) is 16.7 Å². The predicted octanol–water partition coefficient (Wildman–Crippen LogP) is 2.79. The van der Waals surface area contributed by atoms with Crippen LogP contribution in [0.3, 0.4) is 0 Å². The van der Waals surface area contributed by atoms with Gasteiger partial charge in [-0.3, -0.25) is 4.79 Å². The molecule has 0 bridgehead atoms. The molecule has 3 nitrogen and oxygen atoms in total. The van der Waals surface area contributed by atoms with Crippen LogP contribution in [0.5, 0.6) is 0 Å². The molecule has 2 N–H and O–H groups in total. The molecular formula is C17H18FNO2. The number of halogens is 1. The fourth-order valence-corrected chi connectivity index (χ4v) is 2.17. The van der Waals surface area contributed by atoms with Crippen molar-refractivity contribution in [3.05, 3.63) is 71.0 Å². The third-order valence-corrected chi connectivity index (χ3v) is 3.28. The lowest BCUT2D eigenvalue weighted by molar-refractivity contribution is -0.136. The molecule has 0 aliphatic heterocycles. The molecule has 0 saturated carbocycles. The van der Waals surface area contributed by atoms with Crippen molar-refractivity contribution in [2.75, 3.05) is 6.54 Å². The summed E-state index contributed by atoms with van der Waals surface area (Å²) in [6, 6.07) is 14.0. The Kier molecular flexibility index (Phi) is 5.46. The van der Waals surface area contributed by atoms with E-state index in [0.717, 1.165) is 29.7 Å². The van der Waals surface area contributed by atoms with Crippen molar-refractivity contribution in [1.29, 1.82) is 0 Å². The zero-order valence-electron chi connectivity index (χ0n) is 11.7. The van der Waals surface area contributed by atoms with E-state index in [1.54, 1.807) is 12.1 Å². The van der Waals surface area contributed by atoms with Gasteiger partial charge in [-0.15, -0.1) is 0 Å². The number of nitrogens with one attached hydrogen (secondary N) is 1. The largest absolute Gasteiger partial charge is 0.481 e. The molecule has 0 spiro atoms. The molecule has 0 aliphatic rings. The van der Waals surface area contributed by atoms with E-state index in [1.807, 2.05) is 24.3 Å². The molecule has 0 radical (unpaired) electrons. The molecule has 21 heavy (non-hydrogen) atoms. The number of benzene rings is 2. The first-order valence-corrected chi connectivity index (χ1v) is 6.89.